The van der Waals surface area contributed by atoms with Gasteiger partial charge in [0, 0.05) is 16.9 Å². The van der Waals surface area contributed by atoms with E-state index in [9.17, 15) is 0 Å². The molecule has 0 fully saturated rings. The van der Waals surface area contributed by atoms with E-state index >= 15 is 0 Å². The Morgan fingerprint density at radius 1 is 1.33 bits per heavy atom. The van der Waals surface area contributed by atoms with Gasteiger partial charge >= 0.3 is 0 Å². The molecule has 0 atom stereocenters. The maximum atomic E-state index is 4.41. The fourth-order valence-corrected chi connectivity index (χ4v) is 1.98. The predicted octanol–water partition coefficient (Wildman–Crippen LogP) is 3.72. The van der Waals surface area contributed by atoms with Crippen LogP contribution in [0.3, 0.4) is 0 Å². The van der Waals surface area contributed by atoms with Crippen LogP contribution in [-0.2, 0) is 13.0 Å². The first kappa shape index (κ1) is 13.0. The summed E-state index contributed by atoms with van der Waals surface area (Å²) in [6.07, 6.45) is 4.64. The Labute approximate surface area is 116 Å². The maximum Gasteiger partial charge on any atom is 0.126 e. The van der Waals surface area contributed by atoms with Gasteiger partial charge in [-0.2, -0.15) is 0 Å². The van der Waals surface area contributed by atoms with Crippen LogP contribution in [0.25, 0.3) is 0 Å². The highest BCUT2D eigenvalue weighted by Gasteiger charge is 2.03. The Morgan fingerprint density at radius 2 is 2.17 bits per heavy atom. The van der Waals surface area contributed by atoms with Gasteiger partial charge in [0.2, 0.25) is 0 Å². The fourth-order valence-electron chi connectivity index (χ4n) is 1.76. The SMILES string of the molecule is CCc1cccnc1CNc1cc(C)c(Br)cn1. The van der Waals surface area contributed by atoms with Gasteiger partial charge in [-0.05, 0) is 52.5 Å². The monoisotopic (exact) mass is 305 g/mol. The summed E-state index contributed by atoms with van der Waals surface area (Å²) in [6.45, 7) is 4.90. The van der Waals surface area contributed by atoms with E-state index in [0.29, 0.717) is 6.54 Å². The minimum Gasteiger partial charge on any atom is -0.364 e. The number of rotatable bonds is 4. The summed E-state index contributed by atoms with van der Waals surface area (Å²) in [7, 11) is 0. The molecule has 4 heteroatoms. The summed E-state index contributed by atoms with van der Waals surface area (Å²) in [5, 5.41) is 3.31. The summed E-state index contributed by atoms with van der Waals surface area (Å²) in [5.41, 5.74) is 3.53. The van der Waals surface area contributed by atoms with E-state index in [-0.39, 0.29) is 0 Å². The fraction of sp³-hybridized carbons (Fsp3) is 0.286. The summed E-state index contributed by atoms with van der Waals surface area (Å²) in [5.74, 6) is 0.878. The van der Waals surface area contributed by atoms with E-state index in [1.807, 2.05) is 24.5 Å². The number of anilines is 1. The maximum absolute atomic E-state index is 4.41. The molecule has 0 spiro atoms. The first-order valence-corrected chi connectivity index (χ1v) is 6.78. The third-order valence-electron chi connectivity index (χ3n) is 2.85. The summed E-state index contributed by atoms with van der Waals surface area (Å²) in [6, 6.07) is 6.12. The Bertz CT molecular complexity index is 540. The van der Waals surface area contributed by atoms with Gasteiger partial charge in [-0.3, -0.25) is 4.98 Å². The van der Waals surface area contributed by atoms with E-state index in [2.05, 4.69) is 51.1 Å². The number of hydrogen-bond acceptors (Lipinski definition) is 3. The van der Waals surface area contributed by atoms with Crippen molar-refractivity contribution in [2.75, 3.05) is 5.32 Å². The molecule has 18 heavy (non-hydrogen) atoms. The normalized spacial score (nSPS) is 10.4. The van der Waals surface area contributed by atoms with Crippen LogP contribution in [0.4, 0.5) is 5.82 Å². The Balaban J connectivity index is 2.09. The second kappa shape index (κ2) is 5.96. The van der Waals surface area contributed by atoms with Crippen LogP contribution in [0.1, 0.15) is 23.7 Å². The van der Waals surface area contributed by atoms with Crippen LogP contribution in [0.2, 0.25) is 0 Å². The minimum atomic E-state index is 0.706. The lowest BCUT2D eigenvalue weighted by Crippen LogP contribution is -2.06. The van der Waals surface area contributed by atoms with Crippen molar-refractivity contribution in [1.29, 1.82) is 0 Å². The van der Waals surface area contributed by atoms with Crippen LogP contribution in [-0.4, -0.2) is 9.97 Å². The van der Waals surface area contributed by atoms with E-state index in [4.69, 9.17) is 0 Å². The molecule has 0 saturated heterocycles. The van der Waals surface area contributed by atoms with Gasteiger partial charge in [-0.1, -0.05) is 13.0 Å². The van der Waals surface area contributed by atoms with Crippen molar-refractivity contribution in [2.45, 2.75) is 26.8 Å². The molecule has 0 aliphatic rings. The molecule has 0 aliphatic carbocycles. The third-order valence-corrected chi connectivity index (χ3v) is 3.68. The Hall–Kier alpha value is -1.42. The van der Waals surface area contributed by atoms with Crippen molar-refractivity contribution >= 4 is 21.7 Å². The number of aryl methyl sites for hydroxylation is 2. The molecule has 0 bridgehead atoms. The van der Waals surface area contributed by atoms with Crippen molar-refractivity contribution in [3.63, 3.8) is 0 Å². The molecule has 2 heterocycles. The number of nitrogens with zero attached hydrogens (tertiary/aromatic N) is 2. The topological polar surface area (TPSA) is 37.8 Å². The van der Waals surface area contributed by atoms with Crippen LogP contribution >= 0.6 is 15.9 Å². The number of aromatic nitrogens is 2. The number of nitrogens with one attached hydrogen (secondary N) is 1. The Morgan fingerprint density at radius 3 is 2.89 bits per heavy atom. The highest BCUT2D eigenvalue weighted by Crippen LogP contribution is 2.18. The lowest BCUT2D eigenvalue weighted by atomic mass is 10.1. The molecule has 0 aromatic carbocycles. The van der Waals surface area contributed by atoms with Gasteiger partial charge in [-0.15, -0.1) is 0 Å². The molecule has 2 aromatic heterocycles. The van der Waals surface area contributed by atoms with Crippen LogP contribution in [0, 0.1) is 6.92 Å². The summed E-state index contributed by atoms with van der Waals surface area (Å²) < 4.78 is 1.03. The molecule has 94 valence electrons. The van der Waals surface area contributed by atoms with Crippen LogP contribution in [0.15, 0.2) is 35.1 Å². The van der Waals surface area contributed by atoms with Crippen molar-refractivity contribution in [2.24, 2.45) is 0 Å². The molecule has 1 N–H and O–H groups in total. The zero-order chi connectivity index (χ0) is 13.0. The highest BCUT2D eigenvalue weighted by atomic mass is 79.9. The lowest BCUT2D eigenvalue weighted by Gasteiger charge is -2.09. The number of halogens is 1. The highest BCUT2D eigenvalue weighted by molar-refractivity contribution is 9.10. The quantitative estimate of drug-likeness (QED) is 0.935. The molecule has 2 rings (SSSR count). The van der Waals surface area contributed by atoms with Crippen molar-refractivity contribution < 1.29 is 0 Å². The van der Waals surface area contributed by atoms with Crippen molar-refractivity contribution in [1.82, 2.24) is 9.97 Å². The smallest absolute Gasteiger partial charge is 0.126 e. The van der Waals surface area contributed by atoms with Crippen molar-refractivity contribution in [3.8, 4) is 0 Å². The predicted molar refractivity (Wildman–Crippen MR) is 77.6 cm³/mol. The van der Waals surface area contributed by atoms with Crippen LogP contribution < -0.4 is 5.32 Å². The molecule has 0 radical (unpaired) electrons. The summed E-state index contributed by atoms with van der Waals surface area (Å²) in [4.78, 5) is 8.73. The molecule has 3 nitrogen and oxygen atoms in total. The van der Waals surface area contributed by atoms with Gasteiger partial charge in [-0.25, -0.2) is 4.98 Å². The van der Waals surface area contributed by atoms with Gasteiger partial charge in [0.1, 0.15) is 5.82 Å². The van der Waals surface area contributed by atoms with E-state index < -0.39 is 0 Å². The van der Waals surface area contributed by atoms with E-state index in [1.165, 1.54) is 11.1 Å². The second-order valence-corrected chi connectivity index (χ2v) is 4.99. The van der Waals surface area contributed by atoms with E-state index in [1.54, 1.807) is 0 Å². The van der Waals surface area contributed by atoms with Crippen LogP contribution in [0.5, 0.6) is 0 Å². The lowest BCUT2D eigenvalue weighted by molar-refractivity contribution is 0.963. The molecule has 0 aliphatic heterocycles. The summed E-state index contributed by atoms with van der Waals surface area (Å²) >= 11 is 3.45. The van der Waals surface area contributed by atoms with Gasteiger partial charge in [0.05, 0.1) is 12.2 Å². The molecular weight excluding hydrogens is 290 g/mol. The number of pyridine rings is 2. The molecule has 0 saturated carbocycles. The molecule has 2 aromatic rings. The van der Waals surface area contributed by atoms with Gasteiger partial charge in [0.25, 0.3) is 0 Å². The second-order valence-electron chi connectivity index (χ2n) is 4.14. The molecule has 0 amide bonds. The zero-order valence-corrected chi connectivity index (χ0v) is 12.2. The van der Waals surface area contributed by atoms with E-state index in [0.717, 1.165) is 22.4 Å². The first-order valence-electron chi connectivity index (χ1n) is 5.99. The largest absolute Gasteiger partial charge is 0.364 e. The average Bonchev–Trinajstić information content (AvgIpc) is 2.40. The third kappa shape index (κ3) is 3.07. The Kier molecular flexibility index (Phi) is 4.31. The first-order chi connectivity index (χ1) is 8.70. The zero-order valence-electron chi connectivity index (χ0n) is 10.6. The minimum absolute atomic E-state index is 0.706. The van der Waals surface area contributed by atoms with Gasteiger partial charge in [0.15, 0.2) is 0 Å². The molecular formula is C14H16BrN3. The van der Waals surface area contributed by atoms with Crippen molar-refractivity contribution in [3.05, 3.63) is 51.9 Å². The standard InChI is InChI=1S/C14H16BrN3/c1-3-11-5-4-6-16-13(11)9-18-14-7-10(2)12(15)8-17-14/h4-8H,3,9H2,1-2H3,(H,17,18). The molecule has 0 unspecified atom stereocenters. The number of hydrogen-bond donors (Lipinski definition) is 1. The van der Waals surface area contributed by atoms with Gasteiger partial charge < -0.3 is 5.32 Å². The average molecular weight is 306 g/mol.